The lowest BCUT2D eigenvalue weighted by atomic mass is 9.89. The fourth-order valence-corrected chi connectivity index (χ4v) is 2.06. The predicted octanol–water partition coefficient (Wildman–Crippen LogP) is 1.22. The van der Waals surface area contributed by atoms with Crippen LogP contribution in [0.4, 0.5) is 0 Å². The molecular formula is C12H14N2O4. The molecule has 0 fully saturated rings. The highest BCUT2D eigenvalue weighted by Crippen LogP contribution is 2.30. The van der Waals surface area contributed by atoms with Gasteiger partial charge < -0.3 is 9.47 Å². The van der Waals surface area contributed by atoms with Crippen LogP contribution in [0.1, 0.15) is 27.2 Å². The van der Waals surface area contributed by atoms with E-state index >= 15 is 0 Å². The van der Waals surface area contributed by atoms with E-state index < -0.39 is 11.9 Å². The first kappa shape index (κ1) is 12.5. The summed E-state index contributed by atoms with van der Waals surface area (Å²) >= 11 is 0. The number of carbonyl (C=O) groups is 2. The second kappa shape index (κ2) is 4.72. The average molecular weight is 250 g/mol. The molecule has 2 aliphatic heterocycles. The standard InChI is InChI=1S/C12H14N2O4/c1-4-17-9(15)5-8-6(2)10-7(3)13-14-11(10)18-12(8)16/h10H,4-5H2,1-3H3. The first-order valence-electron chi connectivity index (χ1n) is 5.74. The third-order valence-electron chi connectivity index (χ3n) is 2.95. The quantitative estimate of drug-likeness (QED) is 0.705. The van der Waals surface area contributed by atoms with Crippen LogP contribution < -0.4 is 0 Å². The Balaban J connectivity index is 2.27. The minimum absolute atomic E-state index is 0.0738. The van der Waals surface area contributed by atoms with Crippen LogP contribution in [-0.4, -0.2) is 30.2 Å². The highest BCUT2D eigenvalue weighted by molar-refractivity contribution is 6.16. The van der Waals surface area contributed by atoms with E-state index in [2.05, 4.69) is 10.2 Å². The molecule has 0 aliphatic carbocycles. The number of esters is 2. The summed E-state index contributed by atoms with van der Waals surface area (Å²) in [5, 5.41) is 7.69. The van der Waals surface area contributed by atoms with Crippen molar-refractivity contribution in [3.63, 3.8) is 0 Å². The van der Waals surface area contributed by atoms with Crippen LogP contribution in [0.25, 0.3) is 0 Å². The minimum Gasteiger partial charge on any atom is -0.466 e. The lowest BCUT2D eigenvalue weighted by molar-refractivity contribution is -0.144. The van der Waals surface area contributed by atoms with Gasteiger partial charge in [-0.05, 0) is 26.3 Å². The van der Waals surface area contributed by atoms with Crippen molar-refractivity contribution in [2.45, 2.75) is 27.2 Å². The van der Waals surface area contributed by atoms with Crippen LogP contribution in [0.15, 0.2) is 21.3 Å². The molecule has 0 N–H and O–H groups in total. The molecule has 0 amide bonds. The lowest BCUT2D eigenvalue weighted by Crippen LogP contribution is -2.32. The number of hydrogen-bond donors (Lipinski definition) is 0. The van der Waals surface area contributed by atoms with Crippen molar-refractivity contribution in [3.05, 3.63) is 11.1 Å². The zero-order valence-electron chi connectivity index (χ0n) is 10.5. The molecule has 2 aliphatic rings. The van der Waals surface area contributed by atoms with Crippen LogP contribution in [0.5, 0.6) is 0 Å². The van der Waals surface area contributed by atoms with Gasteiger partial charge in [-0.1, -0.05) is 0 Å². The Bertz CT molecular complexity index is 502. The fourth-order valence-electron chi connectivity index (χ4n) is 2.06. The Kier molecular flexibility index (Phi) is 3.27. The van der Waals surface area contributed by atoms with Crippen LogP contribution in [0.3, 0.4) is 0 Å². The smallest absolute Gasteiger partial charge is 0.341 e. The molecule has 0 bridgehead atoms. The molecule has 0 spiro atoms. The summed E-state index contributed by atoms with van der Waals surface area (Å²) in [4.78, 5) is 23.2. The maximum atomic E-state index is 11.8. The van der Waals surface area contributed by atoms with E-state index in [-0.39, 0.29) is 18.9 Å². The van der Waals surface area contributed by atoms with Crippen molar-refractivity contribution < 1.29 is 19.1 Å². The van der Waals surface area contributed by atoms with Gasteiger partial charge in [-0.3, -0.25) is 4.79 Å². The van der Waals surface area contributed by atoms with E-state index in [0.717, 1.165) is 11.3 Å². The highest BCUT2D eigenvalue weighted by Gasteiger charge is 2.38. The second-order valence-corrected chi connectivity index (χ2v) is 4.15. The summed E-state index contributed by atoms with van der Waals surface area (Å²) in [6, 6.07) is 0. The molecule has 96 valence electrons. The Labute approximate surface area is 104 Å². The number of ether oxygens (including phenoxy) is 2. The molecule has 2 rings (SSSR count). The van der Waals surface area contributed by atoms with Crippen LogP contribution in [-0.2, 0) is 19.1 Å². The van der Waals surface area contributed by atoms with Gasteiger partial charge in [-0.25, -0.2) is 4.79 Å². The molecule has 2 heterocycles. The Morgan fingerprint density at radius 3 is 2.78 bits per heavy atom. The Morgan fingerprint density at radius 2 is 2.11 bits per heavy atom. The molecule has 0 aromatic heterocycles. The number of rotatable bonds is 3. The van der Waals surface area contributed by atoms with Crippen molar-refractivity contribution in [2.24, 2.45) is 16.1 Å². The maximum absolute atomic E-state index is 11.8. The van der Waals surface area contributed by atoms with E-state index in [9.17, 15) is 9.59 Å². The Hall–Kier alpha value is -1.98. The van der Waals surface area contributed by atoms with Crippen molar-refractivity contribution >= 4 is 23.5 Å². The van der Waals surface area contributed by atoms with Gasteiger partial charge in [0.05, 0.1) is 24.7 Å². The van der Waals surface area contributed by atoms with E-state index in [0.29, 0.717) is 11.5 Å². The monoisotopic (exact) mass is 250 g/mol. The van der Waals surface area contributed by atoms with Crippen molar-refractivity contribution in [1.82, 2.24) is 0 Å². The zero-order valence-corrected chi connectivity index (χ0v) is 10.5. The van der Waals surface area contributed by atoms with E-state index in [4.69, 9.17) is 9.47 Å². The van der Waals surface area contributed by atoms with Gasteiger partial charge >= 0.3 is 11.9 Å². The molecule has 0 aromatic carbocycles. The van der Waals surface area contributed by atoms with Crippen LogP contribution >= 0.6 is 0 Å². The molecule has 0 aromatic rings. The van der Waals surface area contributed by atoms with Crippen molar-refractivity contribution in [1.29, 1.82) is 0 Å². The molecule has 0 radical (unpaired) electrons. The van der Waals surface area contributed by atoms with Gasteiger partial charge in [-0.2, -0.15) is 5.10 Å². The van der Waals surface area contributed by atoms with Gasteiger partial charge in [0, 0.05) is 5.57 Å². The molecule has 0 saturated heterocycles. The molecule has 18 heavy (non-hydrogen) atoms. The normalized spacial score (nSPS) is 22.2. The van der Waals surface area contributed by atoms with Gasteiger partial charge in [0.2, 0.25) is 5.90 Å². The average Bonchev–Trinajstić information content (AvgIpc) is 2.66. The third-order valence-corrected chi connectivity index (χ3v) is 2.95. The summed E-state index contributed by atoms with van der Waals surface area (Å²) in [6.07, 6.45) is -0.0738. The van der Waals surface area contributed by atoms with Crippen molar-refractivity contribution in [2.75, 3.05) is 6.61 Å². The SMILES string of the molecule is CCOC(=O)CC1=C(C)C2C(C)=NN=C2OC1=O. The topological polar surface area (TPSA) is 77.3 Å². The van der Waals surface area contributed by atoms with Crippen molar-refractivity contribution in [3.8, 4) is 0 Å². The fraction of sp³-hybridized carbons (Fsp3) is 0.500. The maximum Gasteiger partial charge on any atom is 0.341 e. The molecular weight excluding hydrogens is 236 g/mol. The minimum atomic E-state index is -0.541. The highest BCUT2D eigenvalue weighted by atomic mass is 16.5. The van der Waals surface area contributed by atoms with Gasteiger partial charge in [-0.15, -0.1) is 5.10 Å². The number of fused-ring (bicyclic) bond motifs is 1. The van der Waals surface area contributed by atoms with Gasteiger partial charge in [0.1, 0.15) is 0 Å². The molecule has 0 saturated carbocycles. The summed E-state index contributed by atoms with van der Waals surface area (Å²) in [6.45, 7) is 5.61. The number of nitrogens with zero attached hydrogens (tertiary/aromatic N) is 2. The Morgan fingerprint density at radius 1 is 1.39 bits per heavy atom. The molecule has 1 atom stereocenters. The second-order valence-electron chi connectivity index (χ2n) is 4.15. The lowest BCUT2D eigenvalue weighted by Gasteiger charge is -2.22. The molecule has 6 heteroatoms. The van der Waals surface area contributed by atoms with Gasteiger partial charge in [0.25, 0.3) is 0 Å². The number of carbonyl (C=O) groups excluding carboxylic acids is 2. The van der Waals surface area contributed by atoms with Crippen LogP contribution in [0.2, 0.25) is 0 Å². The first-order chi connectivity index (χ1) is 8.54. The largest absolute Gasteiger partial charge is 0.466 e. The zero-order chi connectivity index (χ0) is 13.3. The predicted molar refractivity (Wildman–Crippen MR) is 64.1 cm³/mol. The third kappa shape index (κ3) is 2.05. The summed E-state index contributed by atoms with van der Waals surface area (Å²) in [5.41, 5.74) is 1.86. The summed E-state index contributed by atoms with van der Waals surface area (Å²) in [5.74, 6) is -0.896. The number of hydrogen-bond acceptors (Lipinski definition) is 6. The van der Waals surface area contributed by atoms with Crippen LogP contribution in [0, 0.1) is 5.92 Å². The summed E-state index contributed by atoms with van der Waals surface area (Å²) in [7, 11) is 0. The van der Waals surface area contributed by atoms with E-state index in [1.807, 2.05) is 6.92 Å². The molecule has 6 nitrogen and oxygen atoms in total. The van der Waals surface area contributed by atoms with E-state index in [1.54, 1.807) is 13.8 Å². The molecule has 1 unspecified atom stereocenters. The first-order valence-corrected chi connectivity index (χ1v) is 5.74. The summed E-state index contributed by atoms with van der Waals surface area (Å²) < 4.78 is 9.91. The van der Waals surface area contributed by atoms with Gasteiger partial charge in [0.15, 0.2) is 0 Å². The van der Waals surface area contributed by atoms with E-state index in [1.165, 1.54) is 0 Å².